The third kappa shape index (κ3) is 11.8. The van der Waals surface area contributed by atoms with Crippen LogP contribution in [0.15, 0.2) is 0 Å². The third-order valence-electron chi connectivity index (χ3n) is 4.80. The van der Waals surface area contributed by atoms with E-state index >= 15 is 0 Å². The highest BCUT2D eigenvalue weighted by Gasteiger charge is 2.21. The van der Waals surface area contributed by atoms with E-state index in [-0.39, 0.29) is 0 Å². The van der Waals surface area contributed by atoms with Crippen LogP contribution in [0.2, 0.25) is 0 Å². The van der Waals surface area contributed by atoms with Gasteiger partial charge in [-0.2, -0.15) is 0 Å². The second kappa shape index (κ2) is 15.8. The van der Waals surface area contributed by atoms with Crippen molar-refractivity contribution in [2.45, 2.75) is 90.9 Å². The summed E-state index contributed by atoms with van der Waals surface area (Å²) in [7, 11) is 0. The van der Waals surface area contributed by atoms with Crippen LogP contribution >= 0.6 is 0 Å². The summed E-state index contributed by atoms with van der Waals surface area (Å²) < 4.78 is 0. The lowest BCUT2D eigenvalue weighted by molar-refractivity contribution is -0.909. The molecule has 1 fully saturated rings. The van der Waals surface area contributed by atoms with Crippen molar-refractivity contribution < 1.29 is 4.90 Å². The van der Waals surface area contributed by atoms with Gasteiger partial charge in [-0.05, 0) is 32.1 Å². The van der Waals surface area contributed by atoms with Crippen molar-refractivity contribution in [3.05, 3.63) is 6.57 Å². The minimum absolute atomic E-state index is 1.04. The van der Waals surface area contributed by atoms with Crippen molar-refractivity contribution >= 4 is 0 Å². The highest BCUT2D eigenvalue weighted by Crippen LogP contribution is 2.13. The monoisotopic (exact) mass is 294 g/mol. The minimum atomic E-state index is 1.04. The quantitative estimate of drug-likeness (QED) is 0.446. The molecule has 1 aliphatic rings. The Morgan fingerprint density at radius 3 is 2.14 bits per heavy atom. The summed E-state index contributed by atoms with van der Waals surface area (Å²) in [4.78, 5) is 1.91. The average Bonchev–Trinajstić information content (AvgIpc) is 2.53. The molecule has 1 rings (SSSR count). The smallest absolute Gasteiger partial charge is 0.0799 e. The number of unbranched alkanes of at least 4 members (excludes halogenated alkanes) is 7. The standard InChI is InChI=1S/C18H37N.CN/c1-3-5-6-7-8-9-10-11-15-19-16-12-14-18(17-19)13-4-2;1-2/h18H,3-17H2,1-2H3;/q;-1/p+1. The molecular weight excluding hydrogens is 256 g/mol. The third-order valence-corrected chi connectivity index (χ3v) is 4.80. The molecule has 0 aromatic rings. The van der Waals surface area contributed by atoms with Gasteiger partial charge in [0, 0.05) is 5.92 Å². The number of nitrogens with zero attached hydrogens (tertiary/aromatic N) is 1. The topological polar surface area (TPSA) is 28.2 Å². The molecule has 0 radical (unpaired) electrons. The molecule has 2 atom stereocenters. The number of rotatable bonds is 11. The van der Waals surface area contributed by atoms with Gasteiger partial charge in [-0.15, -0.1) is 0 Å². The van der Waals surface area contributed by atoms with Crippen LogP contribution in [0.4, 0.5) is 0 Å². The fraction of sp³-hybridized carbons (Fsp3) is 0.947. The molecule has 0 bridgehead atoms. The van der Waals surface area contributed by atoms with Gasteiger partial charge < -0.3 is 16.7 Å². The van der Waals surface area contributed by atoms with E-state index in [1.54, 1.807) is 0 Å². The fourth-order valence-corrected chi connectivity index (χ4v) is 3.64. The maximum absolute atomic E-state index is 6.25. The van der Waals surface area contributed by atoms with Crippen LogP contribution in [-0.4, -0.2) is 19.6 Å². The lowest BCUT2D eigenvalue weighted by atomic mass is 9.93. The molecule has 0 saturated carbocycles. The summed E-state index contributed by atoms with van der Waals surface area (Å²) in [5.74, 6) is 1.04. The number of hydrogen-bond donors (Lipinski definition) is 1. The van der Waals surface area contributed by atoms with Gasteiger partial charge in [0.05, 0.1) is 19.6 Å². The van der Waals surface area contributed by atoms with Crippen LogP contribution in [0.5, 0.6) is 0 Å². The highest BCUT2D eigenvalue weighted by molar-refractivity contribution is 4.61. The number of quaternary nitrogens is 1. The normalized spacial score (nSPS) is 21.5. The summed E-state index contributed by atoms with van der Waals surface area (Å²) in [5, 5.41) is 6.25. The zero-order valence-corrected chi connectivity index (χ0v) is 14.6. The molecule has 2 heteroatoms. The van der Waals surface area contributed by atoms with E-state index in [1.807, 2.05) is 4.90 Å². The molecule has 0 aromatic carbocycles. The van der Waals surface area contributed by atoms with Gasteiger partial charge in [0.1, 0.15) is 0 Å². The Balaban J connectivity index is 0.00000191. The predicted octanol–water partition coefficient (Wildman–Crippen LogP) is 4.32. The van der Waals surface area contributed by atoms with Crippen molar-refractivity contribution in [1.29, 1.82) is 5.26 Å². The van der Waals surface area contributed by atoms with Gasteiger partial charge in [0.2, 0.25) is 0 Å². The first-order valence-electron chi connectivity index (χ1n) is 9.42. The molecule has 21 heavy (non-hydrogen) atoms. The van der Waals surface area contributed by atoms with Crippen LogP contribution in [0, 0.1) is 17.8 Å². The molecule has 1 saturated heterocycles. The number of hydrogen-bond acceptors (Lipinski definition) is 1. The zero-order chi connectivity index (χ0) is 15.8. The van der Waals surface area contributed by atoms with Crippen LogP contribution < -0.4 is 4.90 Å². The van der Waals surface area contributed by atoms with Gasteiger partial charge in [-0.3, -0.25) is 0 Å². The lowest BCUT2D eigenvalue weighted by Crippen LogP contribution is -3.13. The van der Waals surface area contributed by atoms with Crippen LogP contribution in [0.25, 0.3) is 0 Å². The van der Waals surface area contributed by atoms with Gasteiger partial charge in [-0.1, -0.05) is 58.8 Å². The van der Waals surface area contributed by atoms with Crippen molar-refractivity contribution in [1.82, 2.24) is 0 Å². The predicted molar refractivity (Wildman–Crippen MR) is 90.8 cm³/mol. The molecule has 0 spiro atoms. The Labute approximate surface area is 133 Å². The van der Waals surface area contributed by atoms with E-state index in [9.17, 15) is 0 Å². The summed E-state index contributed by atoms with van der Waals surface area (Å²) in [6.45, 7) is 13.8. The van der Waals surface area contributed by atoms with E-state index in [4.69, 9.17) is 11.8 Å². The van der Waals surface area contributed by atoms with Crippen molar-refractivity contribution in [2.24, 2.45) is 5.92 Å². The number of nitrogens with one attached hydrogen (secondary N) is 1. The first-order chi connectivity index (χ1) is 10.4. The van der Waals surface area contributed by atoms with Crippen molar-refractivity contribution in [3.8, 4) is 0 Å². The molecular formula is C19H38N2. The average molecular weight is 295 g/mol. The SMILES string of the molecule is CCCCCCCCCC[NH+]1CCCC(CCC)C1.[C-]#N. The van der Waals surface area contributed by atoms with Gasteiger partial charge in [-0.25, -0.2) is 0 Å². The van der Waals surface area contributed by atoms with E-state index in [0.717, 1.165) is 5.92 Å². The lowest BCUT2D eigenvalue weighted by Gasteiger charge is -2.29. The molecule has 2 nitrogen and oxygen atoms in total. The molecule has 0 aromatic heterocycles. The fourth-order valence-electron chi connectivity index (χ4n) is 3.64. The number of likely N-dealkylation sites (tertiary alicyclic amines) is 1. The van der Waals surface area contributed by atoms with Crippen molar-refractivity contribution in [2.75, 3.05) is 19.6 Å². The van der Waals surface area contributed by atoms with Gasteiger partial charge in [0.25, 0.3) is 0 Å². The number of piperidine rings is 1. The van der Waals surface area contributed by atoms with Crippen LogP contribution in [-0.2, 0) is 0 Å². The second-order valence-corrected chi connectivity index (χ2v) is 6.73. The Morgan fingerprint density at radius 2 is 1.52 bits per heavy atom. The minimum Gasteiger partial charge on any atom is -0.512 e. The molecule has 0 amide bonds. The first kappa shape index (κ1) is 20.5. The van der Waals surface area contributed by atoms with E-state index in [1.165, 1.54) is 96.7 Å². The zero-order valence-electron chi connectivity index (χ0n) is 14.6. The molecule has 1 heterocycles. The van der Waals surface area contributed by atoms with Crippen molar-refractivity contribution in [3.63, 3.8) is 0 Å². The molecule has 1 aliphatic heterocycles. The summed E-state index contributed by atoms with van der Waals surface area (Å²) in [6, 6.07) is 0. The molecule has 124 valence electrons. The van der Waals surface area contributed by atoms with Crippen LogP contribution in [0.1, 0.15) is 90.9 Å². The molecule has 0 aliphatic carbocycles. The first-order valence-corrected chi connectivity index (χ1v) is 9.42. The van der Waals surface area contributed by atoms with E-state index in [2.05, 4.69) is 13.8 Å². The van der Waals surface area contributed by atoms with Gasteiger partial charge >= 0.3 is 0 Å². The molecule has 1 N–H and O–H groups in total. The maximum Gasteiger partial charge on any atom is 0.0799 e. The van der Waals surface area contributed by atoms with Gasteiger partial charge in [0.15, 0.2) is 0 Å². The highest BCUT2D eigenvalue weighted by atomic mass is 15.1. The Kier molecular flexibility index (Phi) is 15.4. The molecule has 2 unspecified atom stereocenters. The van der Waals surface area contributed by atoms with E-state index in [0.29, 0.717) is 0 Å². The Morgan fingerprint density at radius 1 is 0.905 bits per heavy atom. The Hall–Kier alpha value is -0.550. The van der Waals surface area contributed by atoms with Crippen LogP contribution in [0.3, 0.4) is 0 Å². The van der Waals surface area contributed by atoms with E-state index < -0.39 is 0 Å². The summed E-state index contributed by atoms with van der Waals surface area (Å²) in [6.07, 6.45) is 17.5. The maximum atomic E-state index is 6.25. The second-order valence-electron chi connectivity index (χ2n) is 6.73. The largest absolute Gasteiger partial charge is 0.512 e. The summed E-state index contributed by atoms with van der Waals surface area (Å²) >= 11 is 0. The Bertz CT molecular complexity index is 223. The summed E-state index contributed by atoms with van der Waals surface area (Å²) in [5.41, 5.74) is 0.